The summed E-state index contributed by atoms with van der Waals surface area (Å²) in [4.78, 5) is 23.8. The van der Waals surface area contributed by atoms with Crippen LogP contribution in [0.25, 0.3) is 11.0 Å². The molecule has 0 atom stereocenters. The van der Waals surface area contributed by atoms with E-state index in [2.05, 4.69) is 15.8 Å². The lowest BCUT2D eigenvalue weighted by atomic mass is 10.0. The fourth-order valence-electron chi connectivity index (χ4n) is 3.23. The van der Waals surface area contributed by atoms with Crippen molar-refractivity contribution < 1.29 is 14.1 Å². The van der Waals surface area contributed by atoms with Crippen LogP contribution in [0, 0.1) is 5.92 Å². The van der Waals surface area contributed by atoms with E-state index in [1.807, 2.05) is 24.3 Å². The van der Waals surface area contributed by atoms with Crippen LogP contribution in [-0.2, 0) is 16.0 Å². The molecule has 2 aromatic rings. The molecule has 2 N–H and O–H groups in total. The number of carbonyl (C=O) groups is 2. The zero-order valence-electron chi connectivity index (χ0n) is 13.7. The molecule has 24 heavy (non-hydrogen) atoms. The molecule has 0 spiro atoms. The predicted octanol–water partition coefficient (Wildman–Crippen LogP) is 2.18. The maximum atomic E-state index is 12.0. The van der Waals surface area contributed by atoms with Gasteiger partial charge in [-0.1, -0.05) is 30.1 Å². The summed E-state index contributed by atoms with van der Waals surface area (Å²) in [7, 11) is 0. The molecular weight excluding hydrogens is 306 g/mol. The molecule has 0 aliphatic heterocycles. The van der Waals surface area contributed by atoms with Crippen molar-refractivity contribution in [2.45, 2.75) is 38.5 Å². The highest BCUT2D eigenvalue weighted by Gasteiger charge is 2.18. The Labute approximate surface area is 141 Å². The number of amides is 2. The molecule has 1 aliphatic rings. The van der Waals surface area contributed by atoms with Crippen LogP contribution in [0.5, 0.6) is 0 Å². The van der Waals surface area contributed by atoms with Gasteiger partial charge < -0.3 is 15.2 Å². The number of rotatable bonds is 7. The van der Waals surface area contributed by atoms with Gasteiger partial charge in [0.15, 0.2) is 5.58 Å². The van der Waals surface area contributed by atoms with Gasteiger partial charge in [-0.15, -0.1) is 0 Å². The van der Waals surface area contributed by atoms with Crippen LogP contribution in [0.3, 0.4) is 0 Å². The van der Waals surface area contributed by atoms with Gasteiger partial charge in [-0.3, -0.25) is 9.59 Å². The Hall–Kier alpha value is -2.37. The lowest BCUT2D eigenvalue weighted by molar-refractivity contribution is -0.123. The summed E-state index contributed by atoms with van der Waals surface area (Å²) in [6.45, 7) is 0.877. The largest absolute Gasteiger partial charge is 0.356 e. The highest BCUT2D eigenvalue weighted by atomic mass is 16.5. The summed E-state index contributed by atoms with van der Waals surface area (Å²) >= 11 is 0. The van der Waals surface area contributed by atoms with Crippen molar-refractivity contribution in [1.29, 1.82) is 0 Å². The lowest BCUT2D eigenvalue weighted by Gasteiger charge is -2.10. The Morgan fingerprint density at radius 1 is 1.08 bits per heavy atom. The summed E-state index contributed by atoms with van der Waals surface area (Å²) in [5, 5.41) is 10.5. The number of hydrogen-bond donors (Lipinski definition) is 2. The first-order chi connectivity index (χ1) is 11.7. The van der Waals surface area contributed by atoms with Gasteiger partial charge >= 0.3 is 0 Å². The van der Waals surface area contributed by atoms with Crippen LogP contribution < -0.4 is 10.6 Å². The Bertz CT molecular complexity index is 704. The Kier molecular flexibility index (Phi) is 5.46. The van der Waals surface area contributed by atoms with Crippen molar-refractivity contribution in [2.75, 3.05) is 13.1 Å². The van der Waals surface area contributed by atoms with Crippen LogP contribution in [0.1, 0.15) is 37.8 Å². The van der Waals surface area contributed by atoms with Crippen molar-refractivity contribution >= 4 is 22.8 Å². The number of benzene rings is 1. The first kappa shape index (κ1) is 16.5. The molecule has 1 aromatic carbocycles. The third kappa shape index (κ3) is 4.34. The molecule has 6 heteroatoms. The van der Waals surface area contributed by atoms with E-state index in [9.17, 15) is 9.59 Å². The fourth-order valence-corrected chi connectivity index (χ4v) is 3.23. The third-order valence-electron chi connectivity index (χ3n) is 4.50. The predicted molar refractivity (Wildman–Crippen MR) is 90.3 cm³/mol. The summed E-state index contributed by atoms with van der Waals surface area (Å²) in [6, 6.07) is 7.47. The number of carbonyl (C=O) groups excluding carboxylic acids is 2. The highest BCUT2D eigenvalue weighted by Crippen LogP contribution is 2.27. The molecule has 1 aliphatic carbocycles. The second kappa shape index (κ2) is 7.95. The van der Waals surface area contributed by atoms with Gasteiger partial charge in [-0.05, 0) is 30.9 Å². The van der Waals surface area contributed by atoms with E-state index >= 15 is 0 Å². The van der Waals surface area contributed by atoms with Crippen molar-refractivity contribution in [1.82, 2.24) is 15.8 Å². The quantitative estimate of drug-likeness (QED) is 0.763. The topological polar surface area (TPSA) is 84.2 Å². The minimum Gasteiger partial charge on any atom is -0.356 e. The van der Waals surface area contributed by atoms with Crippen molar-refractivity contribution in [2.24, 2.45) is 5.92 Å². The average Bonchev–Trinajstić information content (AvgIpc) is 3.22. The van der Waals surface area contributed by atoms with Crippen molar-refractivity contribution in [3.8, 4) is 0 Å². The van der Waals surface area contributed by atoms with E-state index < -0.39 is 0 Å². The van der Waals surface area contributed by atoms with Gasteiger partial charge in [0.1, 0.15) is 5.69 Å². The number of fused-ring (bicyclic) bond motifs is 1. The molecule has 0 saturated heterocycles. The minimum atomic E-state index is -0.126. The van der Waals surface area contributed by atoms with E-state index in [0.717, 1.165) is 18.2 Å². The van der Waals surface area contributed by atoms with Crippen LogP contribution in [0.4, 0.5) is 0 Å². The lowest BCUT2D eigenvalue weighted by Crippen LogP contribution is -2.35. The Balaban J connectivity index is 1.36. The Morgan fingerprint density at radius 2 is 1.79 bits per heavy atom. The smallest absolute Gasteiger partial charge is 0.226 e. The summed E-state index contributed by atoms with van der Waals surface area (Å²) in [5.74, 6) is 0.498. The molecule has 0 radical (unpaired) electrons. The summed E-state index contributed by atoms with van der Waals surface area (Å²) < 4.78 is 5.18. The van der Waals surface area contributed by atoms with E-state index in [4.69, 9.17) is 4.52 Å². The molecule has 128 valence electrons. The van der Waals surface area contributed by atoms with Crippen molar-refractivity contribution in [3.05, 3.63) is 30.0 Å². The van der Waals surface area contributed by atoms with Gasteiger partial charge in [0.25, 0.3) is 0 Å². The molecule has 0 unspecified atom stereocenters. The van der Waals surface area contributed by atoms with Gasteiger partial charge in [0.2, 0.25) is 11.8 Å². The van der Waals surface area contributed by atoms with Crippen LogP contribution >= 0.6 is 0 Å². The fraction of sp³-hybridized carbons (Fsp3) is 0.500. The molecule has 1 saturated carbocycles. The number of para-hydroxylation sites is 1. The number of aromatic nitrogens is 1. The van der Waals surface area contributed by atoms with Crippen LogP contribution in [0.2, 0.25) is 0 Å². The Morgan fingerprint density at radius 3 is 2.58 bits per heavy atom. The number of nitrogens with one attached hydrogen (secondary N) is 2. The van der Waals surface area contributed by atoms with E-state index in [1.165, 1.54) is 12.8 Å². The second-order valence-electron chi connectivity index (χ2n) is 6.36. The molecule has 0 bridgehead atoms. The molecule has 2 amide bonds. The molecule has 1 aromatic heterocycles. The first-order valence-electron chi connectivity index (χ1n) is 8.59. The van der Waals surface area contributed by atoms with E-state index in [-0.39, 0.29) is 18.2 Å². The number of hydrogen-bond acceptors (Lipinski definition) is 4. The minimum absolute atomic E-state index is 0.0821. The maximum Gasteiger partial charge on any atom is 0.226 e. The normalized spacial score (nSPS) is 14.8. The third-order valence-corrected chi connectivity index (χ3v) is 4.50. The zero-order valence-corrected chi connectivity index (χ0v) is 13.7. The van der Waals surface area contributed by atoms with E-state index in [1.54, 1.807) is 0 Å². The van der Waals surface area contributed by atoms with E-state index in [0.29, 0.717) is 36.7 Å². The van der Waals surface area contributed by atoms with Gasteiger partial charge in [0, 0.05) is 24.9 Å². The van der Waals surface area contributed by atoms with Gasteiger partial charge in [-0.25, -0.2) is 0 Å². The molecule has 3 rings (SSSR count). The van der Waals surface area contributed by atoms with Gasteiger partial charge in [-0.2, -0.15) is 0 Å². The molecule has 6 nitrogen and oxygen atoms in total. The molecular formula is C18H23N3O3. The van der Waals surface area contributed by atoms with Crippen molar-refractivity contribution in [3.63, 3.8) is 0 Å². The summed E-state index contributed by atoms with van der Waals surface area (Å²) in [6.07, 6.45) is 5.59. The first-order valence-corrected chi connectivity index (χ1v) is 8.59. The molecule has 1 fully saturated rings. The SMILES string of the molecule is O=C(Cc1noc2ccccc12)NCCNC(=O)CC1CCCC1. The second-order valence-corrected chi connectivity index (χ2v) is 6.36. The number of nitrogens with zero attached hydrogens (tertiary/aromatic N) is 1. The van der Waals surface area contributed by atoms with Crippen LogP contribution in [-0.4, -0.2) is 30.1 Å². The standard InChI is InChI=1S/C18H23N3O3/c22-17(11-13-5-1-2-6-13)19-9-10-20-18(23)12-15-14-7-3-4-8-16(14)24-21-15/h3-4,7-8,13H,1-2,5-6,9-12H2,(H,19,22)(H,20,23). The summed E-state index contributed by atoms with van der Waals surface area (Å²) in [5.41, 5.74) is 1.31. The molecule has 1 heterocycles. The average molecular weight is 329 g/mol. The highest BCUT2D eigenvalue weighted by molar-refractivity contribution is 5.86. The monoisotopic (exact) mass is 329 g/mol. The van der Waals surface area contributed by atoms with Gasteiger partial charge in [0.05, 0.1) is 6.42 Å². The maximum absolute atomic E-state index is 12.0. The van der Waals surface area contributed by atoms with Crippen LogP contribution in [0.15, 0.2) is 28.8 Å². The zero-order chi connectivity index (χ0) is 16.8.